The average Bonchev–Trinajstić information content (AvgIpc) is 3.58. The minimum atomic E-state index is -2.47. The molecule has 6 nitrogen and oxygen atoms in total. The van der Waals surface area contributed by atoms with Crippen LogP contribution in [0.3, 0.4) is 0 Å². The molecule has 2 heterocycles. The minimum absolute atomic E-state index is 0.0960. The Labute approximate surface area is 325 Å². The number of carbonyl (C=O) groups excluding carboxylic acids is 2. The van der Waals surface area contributed by atoms with Crippen LogP contribution < -0.4 is 19.4 Å². The molecule has 1 saturated heterocycles. The van der Waals surface area contributed by atoms with Crippen molar-refractivity contribution in [3.8, 4) is 5.75 Å². The van der Waals surface area contributed by atoms with Gasteiger partial charge in [-0.05, 0) is 0 Å². The predicted molar refractivity (Wildman–Crippen MR) is 218 cm³/mol. The van der Waals surface area contributed by atoms with Crippen molar-refractivity contribution in [1.82, 2.24) is 0 Å². The van der Waals surface area contributed by atoms with E-state index < -0.39 is 20.6 Å². The van der Waals surface area contributed by atoms with Gasteiger partial charge in [-0.15, -0.1) is 0 Å². The molecule has 6 rings (SSSR count). The molecule has 1 unspecified atom stereocenters. The molecule has 2 aliphatic rings. The van der Waals surface area contributed by atoms with Crippen LogP contribution in [0.2, 0.25) is 0 Å². The van der Waals surface area contributed by atoms with Gasteiger partial charge in [0.15, 0.2) is 0 Å². The van der Waals surface area contributed by atoms with Gasteiger partial charge in [-0.2, -0.15) is 0 Å². The number of ether oxygens (including phenoxy) is 1. The zero-order valence-electron chi connectivity index (χ0n) is 32.5. The van der Waals surface area contributed by atoms with E-state index in [0.717, 1.165) is 18.7 Å². The number of fused-ring (bicyclic) bond motifs is 1. The Morgan fingerprint density at radius 2 is 1.21 bits per heavy atom. The monoisotopic (exact) mass is 821 g/mol. The number of amides is 2. The number of hydrogen-bond donors (Lipinski definition) is 0. The van der Waals surface area contributed by atoms with Gasteiger partial charge in [-0.25, -0.2) is 0 Å². The Kier molecular flexibility index (Phi) is 12.0. The van der Waals surface area contributed by atoms with Crippen LogP contribution in [0.15, 0.2) is 84.9 Å². The van der Waals surface area contributed by atoms with Gasteiger partial charge in [0.1, 0.15) is 0 Å². The van der Waals surface area contributed by atoms with Gasteiger partial charge in [0.2, 0.25) is 0 Å². The molecule has 1 atom stereocenters. The summed E-state index contributed by atoms with van der Waals surface area (Å²) in [5.74, 6) is 1.16. The second-order valence-electron chi connectivity index (χ2n) is 15.3. The number of carbonyl (C=O) groups is 2. The molecule has 0 bridgehead atoms. The fraction of sp³-hybridized carbons (Fsp3) is 0.400. The van der Waals surface area contributed by atoms with Gasteiger partial charge < -0.3 is 0 Å². The third-order valence-corrected chi connectivity index (χ3v) is 14.6. The van der Waals surface area contributed by atoms with Gasteiger partial charge in [0.05, 0.1) is 0 Å². The van der Waals surface area contributed by atoms with Crippen molar-refractivity contribution in [2.45, 2.75) is 103 Å². The van der Waals surface area contributed by atoms with E-state index in [2.05, 4.69) is 106 Å². The molecule has 0 spiro atoms. The van der Waals surface area contributed by atoms with Gasteiger partial charge >= 0.3 is 327 Å². The van der Waals surface area contributed by atoms with E-state index in [1.165, 1.54) is 38.5 Å². The molecule has 1 fully saturated rings. The van der Waals surface area contributed by atoms with Gasteiger partial charge in [0.25, 0.3) is 0 Å². The summed E-state index contributed by atoms with van der Waals surface area (Å²) < 4.78 is 8.61. The Morgan fingerprint density at radius 1 is 0.736 bits per heavy atom. The van der Waals surface area contributed by atoms with Crippen LogP contribution >= 0.6 is 9.69 Å². The summed E-state index contributed by atoms with van der Waals surface area (Å²) in [6.45, 7) is 21.8. The summed E-state index contributed by atoms with van der Waals surface area (Å²) >= 11 is -2.47. The van der Waals surface area contributed by atoms with E-state index in [-0.39, 0.29) is 16.6 Å². The molecule has 8 heteroatoms. The first kappa shape index (κ1) is 38.9. The van der Waals surface area contributed by atoms with Gasteiger partial charge in [0, 0.05) is 0 Å². The standard InChI is InChI=1S/C27H39N2.C18H15NO3.ClH.Ru/c1-18(2)22-11-9-12-23(19(3)4)26(22)28-15-16-29(17-28)27-24(20(5)6)13-10-14-25(27)21(7)8;1-3-15-18(21)19(17(20)13-9-5-4-6-10-13)14-11-7-8-12(2)16(14)22-15;;/h9-14,17-21H,15-16H2,1-8H3;2,4-11,15H,3H2,1H3;1H;/q;;;+1/p-1. The molecule has 53 heavy (non-hydrogen) atoms. The van der Waals surface area contributed by atoms with E-state index in [9.17, 15) is 9.59 Å². The molecule has 0 aromatic heterocycles. The predicted octanol–water partition coefficient (Wildman–Crippen LogP) is 10.8. The van der Waals surface area contributed by atoms with Crippen molar-refractivity contribution in [1.29, 1.82) is 0 Å². The molecule has 0 aliphatic carbocycles. The maximum absolute atomic E-state index is 13.9. The van der Waals surface area contributed by atoms with Crippen molar-refractivity contribution in [2.24, 2.45) is 0 Å². The number of hydrogen-bond acceptors (Lipinski definition) is 5. The second-order valence-corrected chi connectivity index (χ2v) is 19.9. The molecular weight excluding hydrogens is 767 g/mol. The Balaban J connectivity index is 1.56. The van der Waals surface area contributed by atoms with Crippen LogP contribution in [-0.2, 0) is 19.3 Å². The summed E-state index contributed by atoms with van der Waals surface area (Å²) in [6, 6.07) is 28.2. The van der Waals surface area contributed by atoms with E-state index in [1.54, 1.807) is 18.2 Å². The third-order valence-electron chi connectivity index (χ3n) is 10.3. The Bertz CT molecular complexity index is 1880. The summed E-state index contributed by atoms with van der Waals surface area (Å²) in [5, 5.41) is 0. The zero-order chi connectivity index (χ0) is 38.1. The van der Waals surface area contributed by atoms with Gasteiger partial charge in [-0.1, -0.05) is 0 Å². The molecule has 282 valence electrons. The van der Waals surface area contributed by atoms with Crippen LogP contribution in [0.5, 0.6) is 5.75 Å². The number of rotatable bonds is 10. The first-order chi connectivity index (χ1) is 25.3. The normalized spacial score (nSPS) is 17.4. The van der Waals surface area contributed by atoms with E-state index in [0.29, 0.717) is 47.1 Å². The van der Waals surface area contributed by atoms with E-state index >= 15 is 0 Å². The van der Waals surface area contributed by atoms with E-state index in [1.807, 2.05) is 37.3 Å². The molecule has 2 aliphatic heterocycles. The van der Waals surface area contributed by atoms with Crippen molar-refractivity contribution < 1.29 is 28.8 Å². The van der Waals surface area contributed by atoms with Crippen molar-refractivity contribution in [2.75, 3.05) is 27.8 Å². The first-order valence-electron chi connectivity index (χ1n) is 19.0. The fourth-order valence-electron chi connectivity index (χ4n) is 7.64. The number of para-hydroxylation sites is 3. The molecule has 0 saturated carbocycles. The van der Waals surface area contributed by atoms with Crippen LogP contribution in [0.4, 0.5) is 17.1 Å². The van der Waals surface area contributed by atoms with Crippen molar-refractivity contribution in [3.05, 3.63) is 118 Å². The summed E-state index contributed by atoms with van der Waals surface area (Å²) in [7, 11) is 7.98. The maximum atomic E-state index is 13.9. The van der Waals surface area contributed by atoms with Crippen LogP contribution in [0.25, 0.3) is 0 Å². The molecule has 2 amide bonds. The summed E-state index contributed by atoms with van der Waals surface area (Å²) in [6.07, 6.45) is -0.344. The number of halogens is 1. The van der Waals surface area contributed by atoms with Crippen molar-refractivity contribution in [3.63, 3.8) is 0 Å². The summed E-state index contributed by atoms with van der Waals surface area (Å²) in [4.78, 5) is 34.2. The third kappa shape index (κ3) is 7.49. The first-order valence-corrected chi connectivity index (χ1v) is 23.3. The number of imide groups is 1. The topological polar surface area (TPSA) is 53.1 Å². The second kappa shape index (κ2) is 16.3. The number of benzene rings is 4. The fourth-order valence-corrected chi connectivity index (χ4v) is 12.2. The van der Waals surface area contributed by atoms with Crippen LogP contribution in [0.1, 0.15) is 131 Å². The van der Waals surface area contributed by atoms with Crippen LogP contribution in [0, 0.1) is 0 Å². The summed E-state index contributed by atoms with van der Waals surface area (Å²) in [5.41, 5.74) is 9.68. The Morgan fingerprint density at radius 3 is 1.66 bits per heavy atom. The number of anilines is 3. The SMILES string of the molecule is CCC1Oc2c([CH]=[Ru]([Cl])[CH]3N(c4c(C(C)C)cccc4C(C)C)CCN3c3c(C(C)C)cccc3C(C)C)cccc2N(C(=O)c2ccccc2)C1=O. The van der Waals surface area contributed by atoms with Crippen LogP contribution in [-0.4, -0.2) is 40.4 Å². The molecule has 0 N–H and O–H groups in total. The van der Waals surface area contributed by atoms with Gasteiger partial charge in [-0.3, -0.25) is 0 Å². The average molecular weight is 821 g/mol. The molecule has 4 aromatic carbocycles. The molecule has 4 aromatic rings. The van der Waals surface area contributed by atoms with Crippen molar-refractivity contribution >= 4 is 43.2 Å². The molecule has 0 radical (unpaired) electrons. The zero-order valence-corrected chi connectivity index (χ0v) is 35.0. The number of nitrogens with zero attached hydrogens (tertiary/aromatic N) is 3. The van der Waals surface area contributed by atoms with E-state index in [4.69, 9.17) is 14.4 Å². The quantitative estimate of drug-likeness (QED) is 0.118. The Hall–Kier alpha value is -3.80. The molecular formula is C45H54ClN3O3Ru.